The van der Waals surface area contributed by atoms with Crippen LogP contribution in [0.3, 0.4) is 0 Å². The highest BCUT2D eigenvalue weighted by molar-refractivity contribution is 6.12. The van der Waals surface area contributed by atoms with Gasteiger partial charge in [-0.25, -0.2) is 4.79 Å². The van der Waals surface area contributed by atoms with Gasteiger partial charge >= 0.3 is 5.97 Å². The van der Waals surface area contributed by atoms with E-state index >= 15 is 0 Å². The Bertz CT molecular complexity index is 1350. The Hall–Kier alpha value is -3.19. The maximum absolute atomic E-state index is 10.1. The fraction of sp³-hybridized carbons (Fsp3) is 0.464. The number of methoxy groups -OCH3 is 2. The van der Waals surface area contributed by atoms with Crippen molar-refractivity contribution in [2.24, 2.45) is 0 Å². The molecule has 0 bridgehead atoms. The van der Waals surface area contributed by atoms with E-state index in [1.807, 2.05) is 6.07 Å². The van der Waals surface area contributed by atoms with Crippen LogP contribution in [0.15, 0.2) is 30.3 Å². The molecule has 0 aromatic heterocycles. The molecule has 39 heavy (non-hydrogen) atoms. The Balaban J connectivity index is 0.000000233. The van der Waals surface area contributed by atoms with Gasteiger partial charge in [-0.3, -0.25) is 4.90 Å². The molecule has 5 rings (SSSR count). The molecule has 2 heterocycles. The van der Waals surface area contributed by atoms with Crippen molar-refractivity contribution in [3.8, 4) is 17.2 Å². The number of hydrogen-bond donors (Lipinski definition) is 7. The van der Waals surface area contributed by atoms with Gasteiger partial charge in [0.05, 0.1) is 20.8 Å². The van der Waals surface area contributed by atoms with Crippen molar-refractivity contribution in [3.05, 3.63) is 41.5 Å². The molecular formula is C28H35NO10. The highest BCUT2D eigenvalue weighted by Crippen LogP contribution is 2.44. The van der Waals surface area contributed by atoms with Gasteiger partial charge in [0.1, 0.15) is 24.1 Å². The van der Waals surface area contributed by atoms with Gasteiger partial charge in [0.25, 0.3) is 0 Å². The summed E-state index contributed by atoms with van der Waals surface area (Å²) in [6, 6.07) is 10.5. The van der Waals surface area contributed by atoms with Crippen molar-refractivity contribution in [1.82, 2.24) is 4.90 Å². The minimum Gasteiger partial charge on any atom is -0.508 e. The van der Waals surface area contributed by atoms with Crippen LogP contribution in [-0.4, -0.2) is 104 Å². The Morgan fingerprint density at radius 2 is 1.59 bits per heavy atom. The van der Waals surface area contributed by atoms with Gasteiger partial charge in [0.2, 0.25) is 0 Å². The molecule has 2 aliphatic heterocycles. The Kier molecular flexibility index (Phi) is 8.80. The Labute approximate surface area is 225 Å². The second-order valence-corrected chi connectivity index (χ2v) is 9.92. The van der Waals surface area contributed by atoms with Crippen LogP contribution in [0.5, 0.6) is 17.2 Å². The summed E-state index contributed by atoms with van der Waals surface area (Å²) in [5, 5.41) is 66.6. The van der Waals surface area contributed by atoms with E-state index in [0.29, 0.717) is 11.8 Å². The van der Waals surface area contributed by atoms with E-state index in [0.717, 1.165) is 35.2 Å². The number of phenolic OH excluding ortho intramolecular Hbond substituents is 1. The first-order chi connectivity index (χ1) is 18.6. The van der Waals surface area contributed by atoms with Gasteiger partial charge < -0.3 is 45.2 Å². The predicted molar refractivity (Wildman–Crippen MR) is 142 cm³/mol. The summed E-state index contributed by atoms with van der Waals surface area (Å²) in [4.78, 5) is 12.7. The molecular weight excluding hydrogens is 510 g/mol. The fourth-order valence-electron chi connectivity index (χ4n) is 5.55. The minimum absolute atomic E-state index is 0.295. The number of aliphatic hydroxyl groups is 5. The van der Waals surface area contributed by atoms with E-state index in [2.05, 4.69) is 23.1 Å². The lowest BCUT2D eigenvalue weighted by Gasteiger charge is -2.33. The number of carboxylic acid groups (broad SMARTS) is 1. The van der Waals surface area contributed by atoms with Gasteiger partial charge in [-0.2, -0.15) is 0 Å². The zero-order valence-electron chi connectivity index (χ0n) is 21.8. The van der Waals surface area contributed by atoms with Crippen LogP contribution < -0.4 is 9.47 Å². The van der Waals surface area contributed by atoms with Crippen LogP contribution in [0, 0.1) is 0 Å². The molecule has 11 heteroatoms. The molecule has 7 N–H and O–H groups in total. The predicted octanol–water partition coefficient (Wildman–Crippen LogP) is 0.743. The fourth-order valence-corrected chi connectivity index (χ4v) is 5.55. The van der Waals surface area contributed by atoms with E-state index in [9.17, 15) is 9.90 Å². The van der Waals surface area contributed by atoms with E-state index < -0.39 is 37.0 Å². The third-order valence-corrected chi connectivity index (χ3v) is 7.64. The van der Waals surface area contributed by atoms with Crippen molar-refractivity contribution in [2.45, 2.75) is 56.3 Å². The van der Waals surface area contributed by atoms with Crippen molar-refractivity contribution in [2.75, 3.05) is 27.4 Å². The molecule has 0 aliphatic carbocycles. The first-order valence-electron chi connectivity index (χ1n) is 12.7. The number of nitrogens with zero attached hydrogens (tertiary/aromatic N) is 1. The number of benzene rings is 3. The zero-order valence-corrected chi connectivity index (χ0v) is 21.8. The average Bonchev–Trinajstić information content (AvgIpc) is 3.41. The van der Waals surface area contributed by atoms with Gasteiger partial charge in [0.15, 0.2) is 17.6 Å². The molecule has 0 saturated carbocycles. The third-order valence-electron chi connectivity index (χ3n) is 7.64. The van der Waals surface area contributed by atoms with Crippen LogP contribution in [0.4, 0.5) is 0 Å². The van der Waals surface area contributed by atoms with Gasteiger partial charge in [0, 0.05) is 12.6 Å². The Morgan fingerprint density at radius 1 is 0.949 bits per heavy atom. The second-order valence-electron chi connectivity index (χ2n) is 9.92. The quantitative estimate of drug-likeness (QED) is 0.208. The minimum atomic E-state index is -2.20. The maximum atomic E-state index is 10.1. The molecule has 2 aliphatic rings. The molecule has 0 amide bonds. The lowest BCUT2D eigenvalue weighted by molar-refractivity contribution is -0.164. The molecule has 0 spiro atoms. The topological polar surface area (TPSA) is 180 Å². The number of rotatable bonds is 7. The van der Waals surface area contributed by atoms with E-state index in [1.54, 1.807) is 20.3 Å². The average molecular weight is 546 g/mol. The maximum Gasteiger partial charge on any atom is 0.335 e. The number of aromatic hydroxyl groups is 1. The number of carboxylic acids is 1. The zero-order chi connectivity index (χ0) is 28.4. The van der Waals surface area contributed by atoms with Gasteiger partial charge in [-0.15, -0.1) is 0 Å². The molecule has 5 atom stereocenters. The summed E-state index contributed by atoms with van der Waals surface area (Å²) in [7, 11) is 3.35. The molecule has 0 radical (unpaired) electrons. The number of aliphatic carboxylic acids is 1. The number of phenols is 1. The van der Waals surface area contributed by atoms with Crippen LogP contribution in [0.2, 0.25) is 0 Å². The van der Waals surface area contributed by atoms with E-state index in [4.69, 9.17) is 40.1 Å². The van der Waals surface area contributed by atoms with Crippen LogP contribution in [0.25, 0.3) is 21.5 Å². The van der Waals surface area contributed by atoms with Gasteiger partial charge in [-0.1, -0.05) is 6.07 Å². The SMILES string of the molecule is COc1cc2c3c(c4ccc(O)cc4c2cc1OC)CN1CCC[C@H]1C3.O=C(O)[C@H](O)[C@@H](O)[C@H](O)[C@H](O)CO. The summed E-state index contributed by atoms with van der Waals surface area (Å²) < 4.78 is 11.1. The van der Waals surface area contributed by atoms with Crippen LogP contribution in [0.1, 0.15) is 24.0 Å². The standard InChI is InChI=1S/C22H23NO3.C6H12O7/c1-25-21-10-18-16-8-13-4-3-7-23(13)12-20(16)15-6-5-14(24)9-17(15)19(18)11-22(21)26-2;7-1-2(8)3(9)4(10)5(11)6(12)13/h5-6,9-11,13,24H,3-4,7-8,12H2,1-2H3;2-5,7-11H,1H2,(H,12,13)/t13-;2-,3-,4+,5-/m01/s1. The summed E-state index contributed by atoms with van der Waals surface area (Å²) in [5.41, 5.74) is 2.83. The third kappa shape index (κ3) is 5.60. The summed E-state index contributed by atoms with van der Waals surface area (Å²) in [6.07, 6.45) is -4.19. The lowest BCUT2D eigenvalue weighted by Crippen LogP contribution is -2.48. The molecule has 11 nitrogen and oxygen atoms in total. The van der Waals surface area contributed by atoms with Crippen molar-refractivity contribution >= 4 is 27.5 Å². The number of aliphatic hydroxyl groups excluding tert-OH is 5. The largest absolute Gasteiger partial charge is 0.508 e. The Morgan fingerprint density at radius 3 is 2.21 bits per heavy atom. The number of fused-ring (bicyclic) bond motifs is 7. The van der Waals surface area contributed by atoms with Gasteiger partial charge in [-0.05, 0) is 82.7 Å². The first kappa shape index (κ1) is 28.8. The molecule has 212 valence electrons. The highest BCUT2D eigenvalue weighted by atomic mass is 16.5. The van der Waals surface area contributed by atoms with Crippen LogP contribution in [-0.2, 0) is 17.8 Å². The summed E-state index contributed by atoms with van der Waals surface area (Å²) in [6.45, 7) is 1.34. The van der Waals surface area contributed by atoms with Crippen LogP contribution >= 0.6 is 0 Å². The second kappa shape index (κ2) is 11.9. The molecule has 1 fully saturated rings. The molecule has 1 saturated heterocycles. The number of carbonyl (C=O) groups is 1. The van der Waals surface area contributed by atoms with Crippen molar-refractivity contribution in [1.29, 1.82) is 0 Å². The molecule has 0 unspecified atom stereocenters. The highest BCUT2D eigenvalue weighted by Gasteiger charge is 2.34. The summed E-state index contributed by atoms with van der Waals surface area (Å²) in [5.74, 6) is 0.0542. The normalized spacial score (nSPS) is 19.8. The number of hydrogen-bond acceptors (Lipinski definition) is 10. The number of ether oxygens (including phenoxy) is 2. The van der Waals surface area contributed by atoms with E-state index in [1.165, 1.54) is 41.3 Å². The summed E-state index contributed by atoms with van der Waals surface area (Å²) >= 11 is 0. The monoisotopic (exact) mass is 545 g/mol. The van der Waals surface area contributed by atoms with Crippen molar-refractivity contribution < 1.29 is 50.0 Å². The molecule has 3 aromatic carbocycles. The van der Waals surface area contributed by atoms with Crippen molar-refractivity contribution in [3.63, 3.8) is 0 Å². The van der Waals surface area contributed by atoms with E-state index in [-0.39, 0.29) is 0 Å². The first-order valence-corrected chi connectivity index (χ1v) is 12.7. The lowest BCUT2D eigenvalue weighted by atomic mass is 9.85. The molecule has 3 aromatic rings. The smallest absolute Gasteiger partial charge is 0.335 e.